The van der Waals surface area contributed by atoms with Gasteiger partial charge in [0, 0.05) is 17.5 Å². The van der Waals surface area contributed by atoms with Crippen molar-refractivity contribution in [2.75, 3.05) is 6.54 Å². The molecule has 4 heteroatoms. The Kier molecular flexibility index (Phi) is 5.53. The summed E-state index contributed by atoms with van der Waals surface area (Å²) >= 11 is 1.61. The van der Waals surface area contributed by atoms with Crippen LogP contribution in [-0.4, -0.2) is 12.5 Å². The van der Waals surface area contributed by atoms with Gasteiger partial charge in [0.2, 0.25) is 5.91 Å². The van der Waals surface area contributed by atoms with Crippen molar-refractivity contribution < 1.29 is 4.79 Å². The lowest BCUT2D eigenvalue weighted by atomic mass is 10.1. The first-order chi connectivity index (χ1) is 9.78. The Morgan fingerprint density at radius 2 is 1.95 bits per heavy atom. The second-order valence-corrected chi connectivity index (χ2v) is 5.40. The molecule has 20 heavy (non-hydrogen) atoms. The van der Waals surface area contributed by atoms with Crippen LogP contribution in [0.25, 0.3) is 6.08 Å². The summed E-state index contributed by atoms with van der Waals surface area (Å²) in [6.45, 7) is 1.19. The number of rotatable bonds is 6. The summed E-state index contributed by atoms with van der Waals surface area (Å²) in [6, 6.07) is 12.1. The number of nitrogens with one attached hydrogen (secondary N) is 1. The van der Waals surface area contributed by atoms with Crippen molar-refractivity contribution in [3.63, 3.8) is 0 Å². The molecule has 0 aliphatic carbocycles. The van der Waals surface area contributed by atoms with Crippen molar-refractivity contribution in [1.29, 1.82) is 0 Å². The van der Waals surface area contributed by atoms with E-state index in [0.29, 0.717) is 13.1 Å². The SMILES string of the molecule is NCCc1ccc(CNC(=O)C=Cc2cccs2)cc1. The molecule has 0 radical (unpaired) electrons. The molecule has 3 N–H and O–H groups in total. The molecule has 0 aliphatic rings. The molecule has 0 spiro atoms. The molecule has 0 bridgehead atoms. The van der Waals surface area contributed by atoms with Crippen LogP contribution in [0.1, 0.15) is 16.0 Å². The number of benzene rings is 1. The van der Waals surface area contributed by atoms with Crippen LogP contribution in [0.2, 0.25) is 0 Å². The molecule has 0 saturated carbocycles. The highest BCUT2D eigenvalue weighted by molar-refractivity contribution is 7.10. The molecule has 3 nitrogen and oxygen atoms in total. The van der Waals surface area contributed by atoms with E-state index in [4.69, 9.17) is 5.73 Å². The molecule has 2 rings (SSSR count). The Balaban J connectivity index is 1.81. The summed E-state index contributed by atoms with van der Waals surface area (Å²) in [5.74, 6) is -0.0792. The van der Waals surface area contributed by atoms with Crippen LogP contribution >= 0.6 is 11.3 Å². The van der Waals surface area contributed by atoms with E-state index in [-0.39, 0.29) is 5.91 Å². The first kappa shape index (κ1) is 14.5. The predicted molar refractivity (Wildman–Crippen MR) is 84.4 cm³/mol. The number of thiophene rings is 1. The molecule has 1 heterocycles. The van der Waals surface area contributed by atoms with E-state index in [9.17, 15) is 4.79 Å². The van der Waals surface area contributed by atoms with Crippen LogP contribution in [0.15, 0.2) is 47.9 Å². The van der Waals surface area contributed by atoms with Gasteiger partial charge in [-0.2, -0.15) is 0 Å². The first-order valence-electron chi connectivity index (χ1n) is 6.55. The average molecular weight is 286 g/mol. The van der Waals surface area contributed by atoms with E-state index in [0.717, 1.165) is 16.9 Å². The van der Waals surface area contributed by atoms with Crippen LogP contribution in [0.4, 0.5) is 0 Å². The maximum Gasteiger partial charge on any atom is 0.244 e. The van der Waals surface area contributed by atoms with Crippen molar-refractivity contribution in [2.24, 2.45) is 5.73 Å². The van der Waals surface area contributed by atoms with E-state index in [2.05, 4.69) is 17.4 Å². The number of hydrogen-bond acceptors (Lipinski definition) is 3. The third kappa shape index (κ3) is 4.64. The number of amides is 1. The number of nitrogens with two attached hydrogens (primary N) is 1. The van der Waals surface area contributed by atoms with Gasteiger partial charge < -0.3 is 11.1 Å². The minimum Gasteiger partial charge on any atom is -0.348 e. The van der Waals surface area contributed by atoms with Gasteiger partial charge in [-0.25, -0.2) is 0 Å². The second-order valence-electron chi connectivity index (χ2n) is 4.42. The normalized spacial score (nSPS) is 10.8. The van der Waals surface area contributed by atoms with Gasteiger partial charge in [-0.15, -0.1) is 11.3 Å². The van der Waals surface area contributed by atoms with Gasteiger partial charge >= 0.3 is 0 Å². The molecular weight excluding hydrogens is 268 g/mol. The molecule has 0 aliphatic heterocycles. The first-order valence-corrected chi connectivity index (χ1v) is 7.43. The summed E-state index contributed by atoms with van der Waals surface area (Å²) < 4.78 is 0. The zero-order chi connectivity index (χ0) is 14.2. The van der Waals surface area contributed by atoms with E-state index < -0.39 is 0 Å². The third-order valence-corrected chi connectivity index (χ3v) is 3.70. The second kappa shape index (κ2) is 7.62. The van der Waals surface area contributed by atoms with Gasteiger partial charge in [0.1, 0.15) is 0 Å². The lowest BCUT2D eigenvalue weighted by Crippen LogP contribution is -2.20. The quantitative estimate of drug-likeness (QED) is 0.802. The van der Waals surface area contributed by atoms with E-state index in [1.807, 2.05) is 35.7 Å². The summed E-state index contributed by atoms with van der Waals surface area (Å²) in [5.41, 5.74) is 7.82. The molecule has 0 saturated heterocycles. The van der Waals surface area contributed by atoms with Gasteiger partial charge in [0.15, 0.2) is 0 Å². The van der Waals surface area contributed by atoms with Gasteiger partial charge in [0.25, 0.3) is 0 Å². The molecule has 0 unspecified atom stereocenters. The zero-order valence-corrected chi connectivity index (χ0v) is 12.0. The van der Waals surface area contributed by atoms with Gasteiger partial charge in [-0.1, -0.05) is 30.3 Å². The number of carbonyl (C=O) groups excluding carboxylic acids is 1. The lowest BCUT2D eigenvalue weighted by Gasteiger charge is -2.04. The Labute approximate surface area is 123 Å². The summed E-state index contributed by atoms with van der Waals surface area (Å²) in [4.78, 5) is 12.7. The fourth-order valence-corrected chi connectivity index (χ4v) is 2.40. The fraction of sp³-hybridized carbons (Fsp3) is 0.188. The van der Waals surface area contributed by atoms with E-state index in [1.54, 1.807) is 17.4 Å². The molecule has 0 fully saturated rings. The van der Waals surface area contributed by atoms with E-state index in [1.165, 1.54) is 5.56 Å². The Bertz CT molecular complexity index is 559. The Morgan fingerprint density at radius 3 is 2.60 bits per heavy atom. The van der Waals surface area contributed by atoms with Crippen molar-refractivity contribution in [3.05, 3.63) is 63.9 Å². The Hall–Kier alpha value is -1.91. The Morgan fingerprint density at radius 1 is 1.20 bits per heavy atom. The number of carbonyl (C=O) groups is 1. The van der Waals surface area contributed by atoms with Crippen LogP contribution in [-0.2, 0) is 17.8 Å². The van der Waals surface area contributed by atoms with Gasteiger partial charge in [0.05, 0.1) is 0 Å². The topological polar surface area (TPSA) is 55.1 Å². The van der Waals surface area contributed by atoms with Gasteiger partial charge in [-0.3, -0.25) is 4.79 Å². The predicted octanol–water partition coefficient (Wildman–Crippen LogP) is 2.58. The maximum absolute atomic E-state index is 11.7. The molecule has 1 aromatic carbocycles. The fourth-order valence-electron chi connectivity index (χ4n) is 1.78. The highest BCUT2D eigenvalue weighted by atomic mass is 32.1. The summed E-state index contributed by atoms with van der Waals surface area (Å²) in [6.07, 6.45) is 4.27. The smallest absolute Gasteiger partial charge is 0.244 e. The van der Waals surface area contributed by atoms with Crippen LogP contribution in [0, 0.1) is 0 Å². The molecule has 1 aromatic heterocycles. The van der Waals surface area contributed by atoms with Crippen LogP contribution < -0.4 is 11.1 Å². The van der Waals surface area contributed by atoms with Crippen molar-refractivity contribution >= 4 is 23.3 Å². The average Bonchev–Trinajstić information content (AvgIpc) is 2.98. The molecule has 1 amide bonds. The molecule has 104 valence electrons. The monoisotopic (exact) mass is 286 g/mol. The third-order valence-electron chi connectivity index (χ3n) is 2.86. The van der Waals surface area contributed by atoms with Crippen molar-refractivity contribution in [3.8, 4) is 0 Å². The lowest BCUT2D eigenvalue weighted by molar-refractivity contribution is -0.116. The highest BCUT2D eigenvalue weighted by Crippen LogP contribution is 2.10. The minimum absolute atomic E-state index is 0.0792. The molecular formula is C16H18N2OS. The summed E-state index contributed by atoms with van der Waals surface area (Å²) in [5, 5.41) is 4.85. The molecule has 0 atom stereocenters. The largest absolute Gasteiger partial charge is 0.348 e. The number of hydrogen-bond donors (Lipinski definition) is 2. The van der Waals surface area contributed by atoms with Gasteiger partial charge in [-0.05, 0) is 41.6 Å². The maximum atomic E-state index is 11.7. The molecule has 2 aromatic rings. The van der Waals surface area contributed by atoms with Crippen LogP contribution in [0.3, 0.4) is 0 Å². The minimum atomic E-state index is -0.0792. The summed E-state index contributed by atoms with van der Waals surface area (Å²) in [7, 11) is 0. The van der Waals surface area contributed by atoms with Crippen molar-refractivity contribution in [1.82, 2.24) is 5.32 Å². The van der Waals surface area contributed by atoms with Crippen molar-refractivity contribution in [2.45, 2.75) is 13.0 Å². The highest BCUT2D eigenvalue weighted by Gasteiger charge is 1.98. The standard InChI is InChI=1S/C16H18N2OS/c17-10-9-13-3-5-14(6-4-13)12-18-16(19)8-7-15-2-1-11-20-15/h1-8,11H,9-10,12,17H2,(H,18,19). The zero-order valence-electron chi connectivity index (χ0n) is 11.2. The van der Waals surface area contributed by atoms with E-state index >= 15 is 0 Å². The van der Waals surface area contributed by atoms with Crippen LogP contribution in [0.5, 0.6) is 0 Å².